The predicted molar refractivity (Wildman–Crippen MR) is 129 cm³/mol. The predicted octanol–water partition coefficient (Wildman–Crippen LogP) is 5.39. The number of hydrogen-bond donors (Lipinski definition) is 2. The Hall–Kier alpha value is -3.70. The van der Waals surface area contributed by atoms with Crippen LogP contribution in [-0.2, 0) is 19.4 Å². The molecule has 5 heteroatoms. The largest absolute Gasteiger partial charge is 0.322 e. The van der Waals surface area contributed by atoms with E-state index in [1.807, 2.05) is 30.5 Å². The molecule has 32 heavy (non-hydrogen) atoms. The Balaban J connectivity index is 1.79. The summed E-state index contributed by atoms with van der Waals surface area (Å²) in [5.74, 6) is 1.06. The highest BCUT2D eigenvalue weighted by Crippen LogP contribution is 2.29. The van der Waals surface area contributed by atoms with Crippen molar-refractivity contribution in [3.05, 3.63) is 113 Å². The van der Waals surface area contributed by atoms with E-state index in [1.165, 1.54) is 5.56 Å². The van der Waals surface area contributed by atoms with Crippen LogP contribution in [-0.4, -0.2) is 19.7 Å². The molecule has 2 heterocycles. The van der Waals surface area contributed by atoms with Gasteiger partial charge in [-0.05, 0) is 66.8 Å². The van der Waals surface area contributed by atoms with Gasteiger partial charge < -0.3 is 4.57 Å². The Kier molecular flexibility index (Phi) is 6.47. The van der Waals surface area contributed by atoms with Gasteiger partial charge in [-0.2, -0.15) is 0 Å². The summed E-state index contributed by atoms with van der Waals surface area (Å²) in [6.07, 6.45) is 7.32. The first-order chi connectivity index (χ1) is 15.6. The van der Waals surface area contributed by atoms with Gasteiger partial charge in [0.15, 0.2) is 0 Å². The lowest BCUT2D eigenvalue weighted by molar-refractivity contribution is 0.205. The van der Waals surface area contributed by atoms with Gasteiger partial charge in [0.1, 0.15) is 5.82 Å². The summed E-state index contributed by atoms with van der Waals surface area (Å²) < 4.78 is 2.31. The maximum Gasteiger partial charge on any atom is 0.110 e. The number of aryl methyl sites for hydroxylation is 4. The van der Waals surface area contributed by atoms with Crippen LogP contribution in [0.1, 0.15) is 33.8 Å². The topological polar surface area (TPSA) is 63.0 Å². The first-order valence-electron chi connectivity index (χ1n) is 10.8. The van der Waals surface area contributed by atoms with E-state index in [0.717, 1.165) is 52.1 Å². The van der Waals surface area contributed by atoms with E-state index in [1.54, 1.807) is 6.08 Å². The lowest BCUT2D eigenvalue weighted by Crippen LogP contribution is -2.08. The lowest BCUT2D eigenvalue weighted by Gasteiger charge is -2.12. The second-order valence-corrected chi connectivity index (χ2v) is 8.00. The summed E-state index contributed by atoms with van der Waals surface area (Å²) in [5, 5.41) is 9.02. The second-order valence-electron chi connectivity index (χ2n) is 8.00. The van der Waals surface area contributed by atoms with Crippen LogP contribution in [0.4, 0.5) is 0 Å². The maximum absolute atomic E-state index is 9.02. The third-order valence-corrected chi connectivity index (χ3v) is 5.71. The quantitative estimate of drug-likeness (QED) is 0.294. The molecule has 0 unspecified atom stereocenters. The number of imidazole rings is 1. The second kappa shape index (κ2) is 9.62. The summed E-state index contributed by atoms with van der Waals surface area (Å²) in [7, 11) is 0. The molecule has 162 valence electrons. The number of hydroxylamine groups is 1. The zero-order chi connectivity index (χ0) is 22.5. The first kappa shape index (κ1) is 21.5. The summed E-state index contributed by atoms with van der Waals surface area (Å²) in [5.41, 5.74) is 10.3. The standard InChI is InChI=1S/C27H28N4O/c1-19-17-23(14-12-20(2)30-32)21(3)26-27(19)31(18-24-11-7-8-16-28-24)25(29-26)15-13-22-9-5-4-6-10-22/h4-12,14,16-17,30,32H,2,13,15,18H2,1,3H3/b14-12+. The zero-order valence-corrected chi connectivity index (χ0v) is 18.5. The number of rotatable bonds is 8. The minimum Gasteiger partial charge on any atom is -0.322 e. The minimum absolute atomic E-state index is 0.436. The number of hydrogen-bond acceptors (Lipinski definition) is 4. The smallest absolute Gasteiger partial charge is 0.110 e. The van der Waals surface area contributed by atoms with Crippen LogP contribution in [0.25, 0.3) is 17.1 Å². The van der Waals surface area contributed by atoms with Crippen LogP contribution in [0.2, 0.25) is 0 Å². The van der Waals surface area contributed by atoms with E-state index in [2.05, 4.69) is 71.9 Å². The maximum atomic E-state index is 9.02. The number of benzene rings is 2. The van der Waals surface area contributed by atoms with E-state index in [9.17, 15) is 0 Å². The third kappa shape index (κ3) is 4.63. The highest BCUT2D eigenvalue weighted by atomic mass is 16.5. The van der Waals surface area contributed by atoms with Gasteiger partial charge in [-0.25, -0.2) is 4.98 Å². The molecule has 0 radical (unpaired) electrons. The third-order valence-electron chi connectivity index (χ3n) is 5.71. The number of fused-ring (bicyclic) bond motifs is 1. The molecule has 0 fully saturated rings. The van der Waals surface area contributed by atoms with Crippen LogP contribution in [0.15, 0.2) is 79.1 Å². The van der Waals surface area contributed by atoms with Crippen molar-refractivity contribution in [1.29, 1.82) is 0 Å². The van der Waals surface area contributed by atoms with Gasteiger partial charge in [0.25, 0.3) is 0 Å². The highest BCUT2D eigenvalue weighted by molar-refractivity contribution is 5.86. The molecule has 4 aromatic rings. The average molecular weight is 425 g/mol. The monoisotopic (exact) mass is 424 g/mol. The van der Waals surface area contributed by atoms with Gasteiger partial charge in [-0.1, -0.05) is 49.1 Å². The van der Waals surface area contributed by atoms with Gasteiger partial charge >= 0.3 is 0 Å². The van der Waals surface area contributed by atoms with Crippen molar-refractivity contribution in [2.45, 2.75) is 33.2 Å². The molecule has 0 bridgehead atoms. The van der Waals surface area contributed by atoms with E-state index < -0.39 is 0 Å². The Morgan fingerprint density at radius 1 is 1.09 bits per heavy atom. The Labute approximate surface area is 188 Å². The molecule has 2 N–H and O–H groups in total. The molecular weight excluding hydrogens is 396 g/mol. The van der Waals surface area contributed by atoms with E-state index in [4.69, 9.17) is 10.2 Å². The van der Waals surface area contributed by atoms with Gasteiger partial charge in [0.2, 0.25) is 0 Å². The molecule has 2 aromatic carbocycles. The molecule has 0 amide bonds. The highest BCUT2D eigenvalue weighted by Gasteiger charge is 2.17. The Morgan fingerprint density at radius 3 is 2.59 bits per heavy atom. The molecule has 0 spiro atoms. The minimum atomic E-state index is 0.436. The van der Waals surface area contributed by atoms with E-state index in [-0.39, 0.29) is 0 Å². The van der Waals surface area contributed by atoms with Gasteiger partial charge in [-0.15, -0.1) is 0 Å². The van der Waals surface area contributed by atoms with Gasteiger partial charge in [0.05, 0.1) is 29.0 Å². The lowest BCUT2D eigenvalue weighted by atomic mass is 10.0. The van der Waals surface area contributed by atoms with E-state index in [0.29, 0.717) is 12.2 Å². The molecule has 0 atom stereocenters. The molecule has 0 aliphatic rings. The average Bonchev–Trinajstić information content (AvgIpc) is 3.19. The molecule has 2 aromatic heterocycles. The van der Waals surface area contributed by atoms with Crippen molar-refractivity contribution in [3.63, 3.8) is 0 Å². The van der Waals surface area contributed by atoms with Gasteiger partial charge in [0, 0.05) is 12.6 Å². The number of nitrogens with zero attached hydrogens (tertiary/aromatic N) is 3. The van der Waals surface area contributed by atoms with Crippen LogP contribution >= 0.6 is 0 Å². The summed E-state index contributed by atoms with van der Waals surface area (Å²) in [4.78, 5) is 9.65. The van der Waals surface area contributed by atoms with Crippen LogP contribution in [0, 0.1) is 13.8 Å². The first-order valence-corrected chi connectivity index (χ1v) is 10.8. The summed E-state index contributed by atoms with van der Waals surface area (Å²) in [6, 6.07) is 18.7. The van der Waals surface area contributed by atoms with E-state index >= 15 is 0 Å². The number of pyridine rings is 1. The van der Waals surface area contributed by atoms with Crippen molar-refractivity contribution in [2.24, 2.45) is 0 Å². The number of nitrogens with one attached hydrogen (secondary N) is 1. The van der Waals surface area contributed by atoms with Crippen LogP contribution in [0.3, 0.4) is 0 Å². The molecule has 0 aliphatic heterocycles. The Morgan fingerprint density at radius 2 is 1.88 bits per heavy atom. The van der Waals surface area contributed by atoms with Crippen molar-refractivity contribution in [2.75, 3.05) is 0 Å². The molecule has 0 saturated heterocycles. The fourth-order valence-corrected chi connectivity index (χ4v) is 4.02. The molecule has 4 rings (SSSR count). The zero-order valence-electron chi connectivity index (χ0n) is 18.5. The van der Waals surface area contributed by atoms with Crippen molar-refractivity contribution in [3.8, 4) is 0 Å². The van der Waals surface area contributed by atoms with Crippen molar-refractivity contribution < 1.29 is 5.21 Å². The normalized spacial score (nSPS) is 11.3. The fraction of sp³-hybridized carbons (Fsp3) is 0.185. The number of allylic oxidation sites excluding steroid dienone is 1. The van der Waals surface area contributed by atoms with Crippen LogP contribution in [0.5, 0.6) is 0 Å². The van der Waals surface area contributed by atoms with Crippen LogP contribution < -0.4 is 5.48 Å². The Bertz CT molecular complexity index is 1260. The summed E-state index contributed by atoms with van der Waals surface area (Å²) in [6.45, 7) is 8.64. The summed E-state index contributed by atoms with van der Waals surface area (Å²) >= 11 is 0. The molecule has 5 nitrogen and oxygen atoms in total. The molecule has 0 saturated carbocycles. The van der Waals surface area contributed by atoms with Crippen molar-refractivity contribution >= 4 is 17.1 Å². The fourth-order valence-electron chi connectivity index (χ4n) is 4.02. The number of aromatic nitrogens is 3. The SMILES string of the molecule is C=C(/C=C/c1cc(C)c2c(nc(CCc3ccccc3)n2Cc2ccccn2)c1C)NO. The molecular formula is C27H28N4O. The van der Waals surface area contributed by atoms with Gasteiger partial charge in [-0.3, -0.25) is 15.7 Å². The van der Waals surface area contributed by atoms with Crippen molar-refractivity contribution in [1.82, 2.24) is 20.0 Å². The molecule has 0 aliphatic carbocycles.